The Morgan fingerprint density at radius 1 is 0.412 bits per heavy atom. The van der Waals surface area contributed by atoms with E-state index < -0.39 is 0 Å². The van der Waals surface area contributed by atoms with Gasteiger partial charge in [0.1, 0.15) is 0 Å². The first-order chi connectivity index (χ1) is 32.3. The predicted octanol–water partition coefficient (Wildman–Crippen LogP) is 15.7. The minimum atomic E-state index is -0.188. The highest BCUT2D eigenvalue weighted by atomic mass is 15.2. The van der Waals surface area contributed by atoms with Crippen LogP contribution in [0.5, 0.6) is 0 Å². The first kappa shape index (κ1) is 43.8. The molecule has 3 aliphatic rings. The van der Waals surface area contributed by atoms with Crippen LogP contribution in [0.25, 0.3) is 11.1 Å². The largest absolute Gasteiger partial charge is 0.311 e. The zero-order valence-electron chi connectivity index (χ0n) is 42.1. The molecule has 4 heteroatoms. The van der Waals surface area contributed by atoms with E-state index in [0.717, 1.165) is 17.1 Å². The van der Waals surface area contributed by atoms with E-state index in [1.165, 1.54) is 95.0 Å². The summed E-state index contributed by atoms with van der Waals surface area (Å²) in [6.45, 7) is 28.0. The van der Waals surface area contributed by atoms with Crippen molar-refractivity contribution < 1.29 is 0 Å². The van der Waals surface area contributed by atoms with Crippen molar-refractivity contribution in [3.63, 3.8) is 0 Å². The highest BCUT2D eigenvalue weighted by Gasteiger charge is 2.45. The lowest BCUT2D eigenvalue weighted by Gasteiger charge is -2.45. The normalized spacial score (nSPS) is 14.5. The Kier molecular flexibility index (Phi) is 9.90. The van der Waals surface area contributed by atoms with Gasteiger partial charge in [-0.2, -0.15) is 0 Å². The topological polar surface area (TPSA) is 9.72 Å². The highest BCUT2D eigenvalue weighted by Crippen LogP contribution is 2.53. The summed E-state index contributed by atoms with van der Waals surface area (Å²) in [6.07, 6.45) is 0. The number of nitrogens with zero attached hydrogens (tertiary/aromatic N) is 3. The molecular formula is C64H64BN3. The van der Waals surface area contributed by atoms with Crippen LogP contribution in [-0.2, 0) is 21.7 Å². The fourth-order valence-corrected chi connectivity index (χ4v) is 11.3. The average Bonchev–Trinajstić information content (AvgIpc) is 3.53. The van der Waals surface area contributed by atoms with E-state index in [9.17, 15) is 0 Å². The van der Waals surface area contributed by atoms with Gasteiger partial charge in [0.05, 0.1) is 0 Å². The van der Waals surface area contributed by atoms with E-state index in [-0.39, 0.29) is 28.4 Å². The standard InChI is InChI=1S/C64H64BN3/c1-41-35-58-60-59(36-41)68(48-29-32-51-50-31-25-43(62(5,6)7)37-52(50)64(11,12)53(51)39-48)57-40-49(66(45-19-15-13-16-20-45)46-21-17-14-18-22-46)30-33-54(57)65(60)55-38-44(63(8,9)10)26-34-56(55)67(58)47-27-23-42(24-28-47)61(2,3)4/h13-40H,1-12H3. The summed E-state index contributed by atoms with van der Waals surface area (Å²) in [6, 6.07) is 64.9. The maximum absolute atomic E-state index is 2.61. The minimum absolute atomic E-state index is 0.00357. The van der Waals surface area contributed by atoms with Crippen LogP contribution in [-0.4, -0.2) is 6.71 Å². The summed E-state index contributed by atoms with van der Waals surface area (Å²) >= 11 is 0. The van der Waals surface area contributed by atoms with E-state index in [1.807, 2.05) is 0 Å². The molecule has 0 saturated carbocycles. The van der Waals surface area contributed by atoms with Crippen molar-refractivity contribution in [3.8, 4) is 11.1 Å². The van der Waals surface area contributed by atoms with Crippen molar-refractivity contribution in [2.24, 2.45) is 0 Å². The van der Waals surface area contributed by atoms with Crippen molar-refractivity contribution in [2.75, 3.05) is 14.7 Å². The molecular weight excluding hydrogens is 822 g/mol. The second kappa shape index (κ2) is 15.4. The molecule has 0 fully saturated rings. The molecule has 11 rings (SSSR count). The van der Waals surface area contributed by atoms with Gasteiger partial charge < -0.3 is 14.7 Å². The highest BCUT2D eigenvalue weighted by molar-refractivity contribution is 7.00. The third kappa shape index (κ3) is 7.01. The van der Waals surface area contributed by atoms with E-state index in [4.69, 9.17) is 0 Å². The van der Waals surface area contributed by atoms with E-state index in [2.05, 4.69) is 268 Å². The maximum atomic E-state index is 2.61. The van der Waals surface area contributed by atoms with Crippen LogP contribution in [0.1, 0.15) is 110 Å². The molecule has 8 aromatic rings. The Labute approximate surface area is 406 Å². The van der Waals surface area contributed by atoms with Crippen LogP contribution >= 0.6 is 0 Å². The molecule has 338 valence electrons. The monoisotopic (exact) mass is 886 g/mol. The lowest BCUT2D eigenvalue weighted by molar-refractivity contribution is 0.584. The van der Waals surface area contributed by atoms with Crippen molar-refractivity contribution in [1.29, 1.82) is 0 Å². The Hall–Kier alpha value is -6.78. The Morgan fingerprint density at radius 3 is 1.50 bits per heavy atom. The number of benzene rings is 8. The van der Waals surface area contributed by atoms with E-state index >= 15 is 0 Å². The fourth-order valence-electron chi connectivity index (χ4n) is 11.3. The Bertz CT molecular complexity index is 3230. The van der Waals surface area contributed by atoms with Crippen molar-refractivity contribution in [1.82, 2.24) is 0 Å². The number of hydrogen-bond acceptors (Lipinski definition) is 3. The summed E-state index contributed by atoms with van der Waals surface area (Å²) in [7, 11) is 0. The third-order valence-electron chi connectivity index (χ3n) is 15.1. The van der Waals surface area contributed by atoms with Crippen molar-refractivity contribution >= 4 is 74.3 Å². The van der Waals surface area contributed by atoms with Gasteiger partial charge in [-0.1, -0.05) is 167 Å². The quantitative estimate of drug-likeness (QED) is 0.159. The molecule has 0 spiro atoms. The number of anilines is 9. The molecule has 1 aliphatic carbocycles. The summed E-state index contributed by atoms with van der Waals surface area (Å²) < 4.78 is 0. The van der Waals surface area contributed by atoms with Crippen molar-refractivity contribution in [2.45, 2.75) is 105 Å². The number of hydrogen-bond donors (Lipinski definition) is 0. The lowest BCUT2D eigenvalue weighted by Crippen LogP contribution is -2.61. The average molecular weight is 886 g/mol. The molecule has 0 amide bonds. The van der Waals surface area contributed by atoms with Crippen LogP contribution in [0, 0.1) is 6.92 Å². The molecule has 2 aliphatic heterocycles. The van der Waals surface area contributed by atoms with Crippen LogP contribution < -0.4 is 31.1 Å². The minimum Gasteiger partial charge on any atom is -0.311 e. The third-order valence-corrected chi connectivity index (χ3v) is 15.1. The van der Waals surface area contributed by atoms with Gasteiger partial charge in [0, 0.05) is 56.6 Å². The van der Waals surface area contributed by atoms with E-state index in [1.54, 1.807) is 0 Å². The second-order valence-corrected chi connectivity index (χ2v) is 23.3. The van der Waals surface area contributed by atoms with Crippen LogP contribution in [0.15, 0.2) is 170 Å². The summed E-state index contributed by atoms with van der Waals surface area (Å²) in [5.41, 5.74) is 25.2. The summed E-state index contributed by atoms with van der Waals surface area (Å²) in [5, 5.41) is 0. The second-order valence-electron chi connectivity index (χ2n) is 23.3. The van der Waals surface area contributed by atoms with Gasteiger partial charge in [0.2, 0.25) is 0 Å². The molecule has 0 unspecified atom stereocenters. The molecule has 0 N–H and O–H groups in total. The Morgan fingerprint density at radius 2 is 0.912 bits per heavy atom. The van der Waals surface area contributed by atoms with Gasteiger partial charge >= 0.3 is 0 Å². The molecule has 3 nitrogen and oxygen atoms in total. The lowest BCUT2D eigenvalue weighted by atomic mass is 9.33. The molecule has 0 radical (unpaired) electrons. The van der Waals surface area contributed by atoms with Crippen LogP contribution in [0.2, 0.25) is 0 Å². The van der Waals surface area contributed by atoms with E-state index in [0.29, 0.717) is 0 Å². The number of aryl methyl sites for hydroxylation is 1. The molecule has 2 heterocycles. The number of fused-ring (bicyclic) bond motifs is 7. The number of para-hydroxylation sites is 2. The maximum Gasteiger partial charge on any atom is 0.252 e. The van der Waals surface area contributed by atoms with Gasteiger partial charge in [0.15, 0.2) is 0 Å². The van der Waals surface area contributed by atoms with Gasteiger partial charge in [0.25, 0.3) is 6.71 Å². The zero-order valence-corrected chi connectivity index (χ0v) is 42.1. The zero-order chi connectivity index (χ0) is 47.7. The first-order valence-corrected chi connectivity index (χ1v) is 24.6. The van der Waals surface area contributed by atoms with Gasteiger partial charge in [-0.05, 0) is 163 Å². The molecule has 68 heavy (non-hydrogen) atoms. The van der Waals surface area contributed by atoms with Crippen LogP contribution in [0.4, 0.5) is 51.2 Å². The summed E-state index contributed by atoms with van der Waals surface area (Å²) in [5.74, 6) is 0. The smallest absolute Gasteiger partial charge is 0.252 e. The predicted molar refractivity (Wildman–Crippen MR) is 294 cm³/mol. The molecule has 0 aromatic heterocycles. The molecule has 0 atom stereocenters. The van der Waals surface area contributed by atoms with Gasteiger partial charge in [-0.25, -0.2) is 0 Å². The van der Waals surface area contributed by atoms with Gasteiger partial charge in [-0.15, -0.1) is 0 Å². The molecule has 8 aromatic carbocycles. The van der Waals surface area contributed by atoms with Crippen molar-refractivity contribution in [3.05, 3.63) is 203 Å². The van der Waals surface area contributed by atoms with Crippen LogP contribution in [0.3, 0.4) is 0 Å². The molecule has 0 bridgehead atoms. The SMILES string of the molecule is Cc1cc2c3c(c1)N(c1ccc4c(c1)C(C)(C)c1cc(C(C)(C)C)ccc1-4)c1cc(N(c4ccccc4)c4ccccc4)ccc1B3c1cc(C(C)(C)C)ccc1N2c1ccc(C(C)(C)C)cc1. The van der Waals surface area contributed by atoms with Gasteiger partial charge in [-0.3, -0.25) is 0 Å². The Balaban J connectivity index is 1.19. The number of rotatable bonds is 5. The molecule has 0 saturated heterocycles. The first-order valence-electron chi connectivity index (χ1n) is 24.6. The summed E-state index contributed by atoms with van der Waals surface area (Å²) in [4.78, 5) is 7.56. The fraction of sp³-hybridized carbons (Fsp3) is 0.250.